The van der Waals surface area contributed by atoms with E-state index in [1.54, 1.807) is 24.8 Å². The summed E-state index contributed by atoms with van der Waals surface area (Å²) in [5, 5.41) is 4.07. The molecule has 0 saturated carbocycles. The highest BCUT2D eigenvalue weighted by atomic mass is 16.2. The maximum Gasteiger partial charge on any atom is 0.225 e. The van der Waals surface area contributed by atoms with Gasteiger partial charge in [0.2, 0.25) is 11.9 Å². The van der Waals surface area contributed by atoms with Gasteiger partial charge in [-0.25, -0.2) is 19.5 Å². The van der Waals surface area contributed by atoms with Crippen LogP contribution in [0.1, 0.15) is 31.7 Å². The van der Waals surface area contributed by atoms with E-state index in [4.69, 9.17) is 0 Å². The minimum absolute atomic E-state index is 0.266. The van der Waals surface area contributed by atoms with Gasteiger partial charge in [0.25, 0.3) is 0 Å². The zero-order valence-corrected chi connectivity index (χ0v) is 16.5. The number of fused-ring (bicyclic) bond motifs is 1. The number of likely N-dealkylation sites (N-methyl/N-ethyl adjacent to an activating group) is 1. The van der Waals surface area contributed by atoms with Crippen LogP contribution in [0.3, 0.4) is 0 Å². The molecule has 3 aromatic heterocycles. The molecule has 28 heavy (non-hydrogen) atoms. The molecule has 0 spiro atoms. The van der Waals surface area contributed by atoms with Gasteiger partial charge in [0.1, 0.15) is 6.33 Å². The lowest BCUT2D eigenvalue weighted by molar-refractivity contribution is -0.127. The molecule has 1 amide bonds. The first-order valence-corrected chi connectivity index (χ1v) is 9.72. The van der Waals surface area contributed by atoms with Crippen molar-refractivity contribution in [1.82, 2.24) is 29.5 Å². The van der Waals surface area contributed by atoms with Gasteiger partial charge in [0, 0.05) is 51.7 Å². The van der Waals surface area contributed by atoms with Crippen LogP contribution in [0.2, 0.25) is 0 Å². The number of rotatable bonds is 6. The molecule has 0 radical (unpaired) electrons. The van der Waals surface area contributed by atoms with E-state index < -0.39 is 0 Å². The third-order valence-corrected chi connectivity index (χ3v) is 4.67. The van der Waals surface area contributed by atoms with Gasteiger partial charge in [-0.2, -0.15) is 5.10 Å². The number of carbonyl (C=O) groups excluding carboxylic acids is 1. The van der Waals surface area contributed by atoms with Crippen molar-refractivity contribution in [3.05, 3.63) is 48.7 Å². The Hall–Kier alpha value is -3.03. The van der Waals surface area contributed by atoms with E-state index in [-0.39, 0.29) is 5.91 Å². The molecular weight excluding hydrogens is 354 g/mol. The van der Waals surface area contributed by atoms with Crippen LogP contribution >= 0.6 is 0 Å². The summed E-state index contributed by atoms with van der Waals surface area (Å²) in [7, 11) is 1.94. The van der Waals surface area contributed by atoms with Crippen molar-refractivity contribution in [3.8, 4) is 0 Å². The van der Waals surface area contributed by atoms with Crippen molar-refractivity contribution in [3.63, 3.8) is 0 Å². The van der Waals surface area contributed by atoms with Gasteiger partial charge in [-0.1, -0.05) is 19.4 Å². The van der Waals surface area contributed by atoms with E-state index in [1.807, 2.05) is 33.6 Å². The lowest BCUT2D eigenvalue weighted by Gasteiger charge is -2.21. The third-order valence-electron chi connectivity index (χ3n) is 4.67. The van der Waals surface area contributed by atoms with Crippen LogP contribution in [0, 0.1) is 0 Å². The van der Waals surface area contributed by atoms with E-state index in [9.17, 15) is 4.79 Å². The van der Waals surface area contributed by atoms with Crippen LogP contribution in [0.5, 0.6) is 0 Å². The molecule has 3 aromatic rings. The summed E-state index contributed by atoms with van der Waals surface area (Å²) in [5.74, 6) is 0.969. The van der Waals surface area contributed by atoms with E-state index in [0.29, 0.717) is 12.4 Å². The van der Waals surface area contributed by atoms with Crippen LogP contribution in [-0.4, -0.2) is 62.1 Å². The predicted octanol–water partition coefficient (Wildman–Crippen LogP) is 2.22. The molecule has 4 heterocycles. The standard InChI is InChI=1S/C11H16N4O.C9H11N3/c1-14(11-12-5-3-6-13-11)8-9-15-7-2-4-10(15)16;1-2-4-8-5-3-6-12-9(8)10-7-11-12/h3,5-6H,2,4,7-9H2,1H3;3,5-7H,2,4H2,1H3. The molecule has 1 aliphatic rings. The number of anilines is 1. The van der Waals surface area contributed by atoms with Crippen LogP contribution < -0.4 is 4.90 Å². The minimum atomic E-state index is 0.266. The van der Waals surface area contributed by atoms with E-state index in [0.717, 1.165) is 44.5 Å². The molecule has 8 nitrogen and oxygen atoms in total. The second-order valence-electron chi connectivity index (χ2n) is 6.77. The summed E-state index contributed by atoms with van der Waals surface area (Å²) in [5.41, 5.74) is 2.26. The molecule has 148 valence electrons. The van der Waals surface area contributed by atoms with Crippen molar-refractivity contribution in [2.75, 3.05) is 31.6 Å². The summed E-state index contributed by atoms with van der Waals surface area (Å²) in [6.07, 6.45) is 10.9. The zero-order chi connectivity index (χ0) is 19.8. The smallest absolute Gasteiger partial charge is 0.225 e. The van der Waals surface area contributed by atoms with E-state index in [1.165, 1.54) is 5.56 Å². The number of hydrogen-bond acceptors (Lipinski definition) is 6. The van der Waals surface area contributed by atoms with Crippen LogP contribution in [-0.2, 0) is 11.2 Å². The molecular formula is C20H27N7O. The average molecular weight is 381 g/mol. The van der Waals surface area contributed by atoms with Gasteiger partial charge >= 0.3 is 0 Å². The Balaban J connectivity index is 0.000000167. The quantitative estimate of drug-likeness (QED) is 0.651. The van der Waals surface area contributed by atoms with E-state index in [2.05, 4.69) is 33.0 Å². The maximum atomic E-state index is 11.4. The first kappa shape index (κ1) is 19.7. The highest BCUT2D eigenvalue weighted by Gasteiger charge is 2.20. The molecule has 0 aliphatic carbocycles. The monoisotopic (exact) mass is 381 g/mol. The number of nitrogens with zero attached hydrogens (tertiary/aromatic N) is 7. The Morgan fingerprint density at radius 1 is 1.18 bits per heavy atom. The van der Waals surface area contributed by atoms with Gasteiger partial charge in [-0.05, 0) is 30.5 Å². The summed E-state index contributed by atoms with van der Waals surface area (Å²) < 4.78 is 1.81. The fourth-order valence-corrected chi connectivity index (χ4v) is 3.17. The van der Waals surface area contributed by atoms with Gasteiger partial charge in [-0.15, -0.1) is 0 Å². The number of amides is 1. The first-order chi connectivity index (χ1) is 13.7. The van der Waals surface area contributed by atoms with Crippen molar-refractivity contribution in [2.45, 2.75) is 32.6 Å². The number of aryl methyl sites for hydroxylation is 1. The fourth-order valence-electron chi connectivity index (χ4n) is 3.17. The van der Waals surface area contributed by atoms with Crippen molar-refractivity contribution >= 4 is 17.5 Å². The predicted molar refractivity (Wildman–Crippen MR) is 108 cm³/mol. The molecule has 0 aromatic carbocycles. The fraction of sp³-hybridized carbons (Fsp3) is 0.450. The Morgan fingerprint density at radius 3 is 2.71 bits per heavy atom. The molecule has 0 atom stereocenters. The largest absolute Gasteiger partial charge is 0.342 e. The Morgan fingerprint density at radius 2 is 2.00 bits per heavy atom. The van der Waals surface area contributed by atoms with Crippen LogP contribution in [0.25, 0.3) is 5.65 Å². The number of likely N-dealkylation sites (tertiary alicyclic amines) is 1. The number of hydrogen-bond donors (Lipinski definition) is 0. The number of aromatic nitrogens is 5. The second kappa shape index (κ2) is 9.77. The van der Waals surface area contributed by atoms with Gasteiger partial charge < -0.3 is 9.80 Å². The summed E-state index contributed by atoms with van der Waals surface area (Å²) in [4.78, 5) is 27.8. The SMILES string of the molecule is CCCc1cccn2ncnc12.CN(CCN1CCCC1=O)c1ncccn1. The highest BCUT2D eigenvalue weighted by Crippen LogP contribution is 2.10. The summed E-state index contributed by atoms with van der Waals surface area (Å²) in [6.45, 7) is 4.59. The van der Waals surface area contributed by atoms with Crippen LogP contribution in [0.15, 0.2) is 43.1 Å². The van der Waals surface area contributed by atoms with Crippen LogP contribution in [0.4, 0.5) is 5.95 Å². The van der Waals surface area contributed by atoms with Crippen molar-refractivity contribution in [1.29, 1.82) is 0 Å². The molecule has 0 N–H and O–H groups in total. The number of pyridine rings is 1. The molecule has 0 bridgehead atoms. The van der Waals surface area contributed by atoms with Crippen molar-refractivity contribution in [2.24, 2.45) is 0 Å². The topological polar surface area (TPSA) is 79.5 Å². The highest BCUT2D eigenvalue weighted by molar-refractivity contribution is 5.78. The lowest BCUT2D eigenvalue weighted by atomic mass is 10.2. The molecule has 0 unspecified atom stereocenters. The normalized spacial score (nSPS) is 13.5. The molecule has 4 rings (SSSR count). The summed E-state index contributed by atoms with van der Waals surface area (Å²) in [6, 6.07) is 5.90. The zero-order valence-electron chi connectivity index (χ0n) is 16.5. The van der Waals surface area contributed by atoms with Gasteiger partial charge in [0.05, 0.1) is 0 Å². The number of carbonyl (C=O) groups is 1. The van der Waals surface area contributed by atoms with E-state index >= 15 is 0 Å². The lowest BCUT2D eigenvalue weighted by Crippen LogP contribution is -2.34. The Kier molecular flexibility index (Phi) is 6.89. The first-order valence-electron chi connectivity index (χ1n) is 9.72. The Labute approximate surface area is 165 Å². The van der Waals surface area contributed by atoms with Gasteiger partial charge in [-0.3, -0.25) is 4.79 Å². The second-order valence-corrected chi connectivity index (χ2v) is 6.77. The third kappa shape index (κ3) is 5.03. The minimum Gasteiger partial charge on any atom is -0.342 e. The average Bonchev–Trinajstić information content (AvgIpc) is 3.37. The Bertz CT molecular complexity index is 880. The molecule has 1 saturated heterocycles. The van der Waals surface area contributed by atoms with Crippen molar-refractivity contribution < 1.29 is 4.79 Å². The summed E-state index contributed by atoms with van der Waals surface area (Å²) >= 11 is 0. The maximum absolute atomic E-state index is 11.4. The molecule has 1 aliphatic heterocycles. The molecule has 8 heteroatoms. The molecule has 1 fully saturated rings. The van der Waals surface area contributed by atoms with Gasteiger partial charge in [0.15, 0.2) is 5.65 Å².